The quantitative estimate of drug-likeness (QED) is 0.0278. The van der Waals surface area contributed by atoms with Crippen LogP contribution in [0.1, 0.15) is 96.3 Å². The van der Waals surface area contributed by atoms with E-state index in [1.165, 1.54) is 36.4 Å². The lowest BCUT2D eigenvalue weighted by Crippen LogP contribution is -2.10. The van der Waals surface area contributed by atoms with Gasteiger partial charge < -0.3 is 78.9 Å². The Morgan fingerprint density at radius 2 is 0.598 bits per heavy atom. The van der Waals surface area contributed by atoms with Crippen LogP contribution < -0.4 is 45.6 Å². The third-order valence-electron chi connectivity index (χ3n) is 18.4. The highest BCUT2D eigenvalue weighted by Gasteiger charge is 2.14. The molecule has 18 rings (SSSR count). The van der Waals surface area contributed by atoms with Crippen LogP contribution in [0.3, 0.4) is 0 Å². The minimum Gasteiger partial charge on any atom is -0.489 e. The second-order valence-corrected chi connectivity index (χ2v) is 26.7. The van der Waals surface area contributed by atoms with Gasteiger partial charge in [0.2, 0.25) is 17.7 Å². The number of benzene rings is 10. The molecular weight excluding hydrogens is 1560 g/mol. The van der Waals surface area contributed by atoms with Crippen molar-refractivity contribution < 1.29 is 72.5 Å². The lowest BCUT2D eigenvalue weighted by atomic mass is 10.2. The zero-order valence-corrected chi connectivity index (χ0v) is 65.3. The first kappa shape index (κ1) is 82.9. The predicted octanol–water partition coefficient (Wildman–Crippen LogP) is 13.6. The van der Waals surface area contributed by atoms with E-state index in [9.17, 15) is 28.8 Å². The Hall–Kier alpha value is -17.1. The highest BCUT2D eigenvalue weighted by molar-refractivity contribution is 5.94. The molecule has 0 saturated carbocycles. The third kappa shape index (κ3) is 22.3. The number of carboxylic acids is 3. The Bertz CT molecular complexity index is 6060. The number of aromatic nitrogens is 14. The lowest BCUT2D eigenvalue weighted by molar-refractivity contribution is 0.0686. The zero-order chi connectivity index (χ0) is 85.4. The average molecular weight is 1640 g/mol. The summed E-state index contributed by atoms with van der Waals surface area (Å²) in [7, 11) is 3.91. The van der Waals surface area contributed by atoms with E-state index >= 15 is 0 Å². The molecule has 122 heavy (non-hydrogen) atoms. The number of carbonyl (C=O) groups is 6. The number of nitrogens with one attached hydrogen (secondary N) is 2. The van der Waals surface area contributed by atoms with Crippen LogP contribution in [0, 0.1) is 0 Å². The highest BCUT2D eigenvalue weighted by Crippen LogP contribution is 2.24. The molecule has 0 saturated heterocycles. The summed E-state index contributed by atoms with van der Waals surface area (Å²) in [5.74, 6) is 1.35. The number of aromatic carboxylic acids is 3. The lowest BCUT2D eigenvalue weighted by Gasteiger charge is -2.06. The van der Waals surface area contributed by atoms with Gasteiger partial charge in [0.05, 0.1) is 50.1 Å². The Morgan fingerprint density at radius 3 is 0.902 bits per heavy atom. The van der Waals surface area contributed by atoms with Crippen molar-refractivity contribution in [1.82, 2.24) is 68.7 Å². The average Bonchev–Trinajstić information content (AvgIpc) is 1.68. The maximum absolute atomic E-state index is 11.0. The van der Waals surface area contributed by atoms with E-state index in [1.807, 2.05) is 178 Å². The number of nitrogens with zero attached hydrogens (tertiary/aromatic N) is 12. The Morgan fingerprint density at radius 1 is 0.311 bits per heavy atom. The normalized spacial score (nSPS) is 10.6. The van der Waals surface area contributed by atoms with Gasteiger partial charge in [0, 0.05) is 55.6 Å². The van der Waals surface area contributed by atoms with Crippen molar-refractivity contribution in [1.29, 1.82) is 0 Å². The van der Waals surface area contributed by atoms with E-state index in [0.29, 0.717) is 90.8 Å². The van der Waals surface area contributed by atoms with E-state index in [-0.39, 0.29) is 16.7 Å². The molecule has 0 radical (unpaired) electrons. The number of hydrogen-bond donors (Lipinski definition) is 8. The molecule has 0 bridgehead atoms. The molecule has 0 aliphatic rings. The molecule has 8 heterocycles. The summed E-state index contributed by atoms with van der Waals surface area (Å²) < 4.78 is 41.7. The van der Waals surface area contributed by atoms with Crippen molar-refractivity contribution >= 4 is 91.1 Å². The largest absolute Gasteiger partial charge is 0.489 e. The minimum absolute atomic E-state index is 0.237. The number of carbonyl (C=O) groups excluding carboxylic acids is 3. The second kappa shape index (κ2) is 39.5. The van der Waals surface area contributed by atoms with Gasteiger partial charge in [-0.1, -0.05) is 48.5 Å². The number of para-hydroxylation sites is 4. The van der Waals surface area contributed by atoms with Crippen LogP contribution in [0.25, 0.3) is 55.4 Å². The van der Waals surface area contributed by atoms with Crippen LogP contribution in [-0.4, -0.2) is 120 Å². The minimum atomic E-state index is -0.951. The van der Waals surface area contributed by atoms with Gasteiger partial charge in [0.1, 0.15) is 119 Å². The van der Waals surface area contributed by atoms with Gasteiger partial charge in [0.25, 0.3) is 0 Å². The number of aromatic amines is 2. The molecule has 32 nitrogen and oxygen atoms in total. The van der Waals surface area contributed by atoms with Crippen molar-refractivity contribution in [3.63, 3.8) is 0 Å². The first-order chi connectivity index (χ1) is 59.2. The number of pyridine rings is 2. The zero-order valence-electron chi connectivity index (χ0n) is 65.3. The molecule has 0 fully saturated rings. The topological polar surface area (TPSA) is 450 Å². The Balaban J connectivity index is 0.000000126. The Labute approximate surface area is 693 Å². The maximum Gasteiger partial charge on any atom is 0.335 e. The van der Waals surface area contributed by atoms with Gasteiger partial charge in [-0.05, 0) is 230 Å². The molecular formula is C90H77N17O15. The number of imidazole rings is 4. The summed E-state index contributed by atoms with van der Waals surface area (Å²) in [6, 6.07) is 77.9. The molecule has 612 valence electrons. The first-order valence-electron chi connectivity index (χ1n) is 37.4. The molecule has 0 spiro atoms. The Kier molecular flexibility index (Phi) is 26.9. The molecule has 0 atom stereocenters. The maximum atomic E-state index is 11.0. The van der Waals surface area contributed by atoms with E-state index in [1.54, 1.807) is 109 Å². The predicted molar refractivity (Wildman–Crippen MR) is 451 cm³/mol. The molecule has 10 aromatic carbocycles. The van der Waals surface area contributed by atoms with Crippen LogP contribution >= 0.6 is 0 Å². The van der Waals surface area contributed by atoms with Crippen LogP contribution in [0.15, 0.2) is 292 Å². The number of ether oxygens (including phenoxy) is 6. The number of primary amides is 3. The fourth-order valence-electron chi connectivity index (χ4n) is 11.9. The first-order valence-corrected chi connectivity index (χ1v) is 37.4. The summed E-state index contributed by atoms with van der Waals surface area (Å²) in [4.78, 5) is 83.1. The summed E-state index contributed by atoms with van der Waals surface area (Å²) in [5, 5.41) is 47.6. The standard InChI is InChI=1S/C16H15N3O2.C16H14N2O3.C15H13N3O2.C15H12N2O3.C14H12N4O2.C14H11N3O3/c1-19-14-5-3-2-4-13(14)18-15(19)10-21-12-8-6-11(7-9-12)16(17)20;1-18-14-5-3-2-4-13(14)17-15(18)10-21-12-8-6-11(7-9-12)16(19)20;16-15(19)11-4-6-13(7-5-11)20-10-12-9-18-8-2-1-3-14(18)17-12;18-15(19)11-4-6-13(7-5-11)20-10-12-9-17-8-2-1-3-14(17)16-12;15-14(19)10-2-4-11(5-3-10)20-8-9-1-6-12-13(7-9)17-18-16-12;18-14(19)10-2-4-11(5-3-10)20-8-9-1-6-12-13(7-9)16-17-15-12/h2-9H,10H2,1H3,(H2,17,20);2-9H,10H2,1H3,(H,19,20);1-9H,10H2,(H2,16,19);1-9H,10H2,(H,18,19);1-7H,8H2,(H2,15,19)(H,16,17,18);1-7H,8H2,(H,18,19)(H,15,16,17). The van der Waals surface area contributed by atoms with Crippen molar-refractivity contribution in [2.24, 2.45) is 31.3 Å². The van der Waals surface area contributed by atoms with Crippen molar-refractivity contribution in [3.05, 3.63) is 359 Å². The number of aryl methyl sites for hydroxylation is 2. The number of rotatable bonds is 24. The van der Waals surface area contributed by atoms with E-state index in [2.05, 4.69) is 50.8 Å². The van der Waals surface area contributed by atoms with Crippen molar-refractivity contribution in [2.75, 3.05) is 0 Å². The van der Waals surface area contributed by atoms with Crippen LogP contribution in [0.2, 0.25) is 0 Å². The number of amides is 3. The number of fused-ring (bicyclic) bond motifs is 6. The molecule has 0 unspecified atom stereocenters. The van der Waals surface area contributed by atoms with Crippen molar-refractivity contribution in [2.45, 2.75) is 39.6 Å². The van der Waals surface area contributed by atoms with Gasteiger partial charge in [0.15, 0.2) is 0 Å². The van der Waals surface area contributed by atoms with E-state index in [4.69, 9.17) is 60.9 Å². The summed E-state index contributed by atoms with van der Waals surface area (Å²) >= 11 is 0. The molecule has 32 heteroatoms. The number of hydrogen-bond acceptors (Lipinski definition) is 20. The monoisotopic (exact) mass is 1640 g/mol. The van der Waals surface area contributed by atoms with Gasteiger partial charge in [-0.2, -0.15) is 30.8 Å². The molecule has 0 aliphatic carbocycles. The van der Waals surface area contributed by atoms with Gasteiger partial charge in [-0.25, -0.2) is 34.3 Å². The van der Waals surface area contributed by atoms with E-state index in [0.717, 1.165) is 89.6 Å². The SMILES string of the molecule is Cn1c(COc2ccc(C(=O)O)cc2)nc2ccccc21.Cn1c(COc2ccc(C(N)=O)cc2)nc2ccccc21.NC(=O)c1ccc(OCc2ccc3n[nH]nc3c2)cc1.NC(=O)c1ccc(OCc2cn3ccccc3n2)cc1.O=C(O)c1ccc(OCc2ccc3n[nH]nc3c2)cc1.O=C(O)c1ccc(OCc2cn3ccccc3n2)cc1. The number of H-pyrrole nitrogens is 2. The number of carboxylic acid groups (broad SMARTS) is 3. The molecule has 18 aromatic rings. The number of nitrogens with two attached hydrogens (primary N) is 3. The fourth-order valence-corrected chi connectivity index (χ4v) is 11.9. The summed E-state index contributed by atoms with van der Waals surface area (Å²) in [6.45, 7) is 2.21. The smallest absolute Gasteiger partial charge is 0.335 e. The molecule has 8 aromatic heterocycles. The highest BCUT2D eigenvalue weighted by atomic mass is 16.5. The van der Waals surface area contributed by atoms with E-state index < -0.39 is 35.6 Å². The molecule has 0 aliphatic heterocycles. The van der Waals surface area contributed by atoms with Gasteiger partial charge >= 0.3 is 17.9 Å². The van der Waals surface area contributed by atoms with Crippen LogP contribution in [-0.2, 0) is 53.7 Å². The summed E-state index contributed by atoms with van der Waals surface area (Å²) in [5.41, 5.74) is 30.2. The van der Waals surface area contributed by atoms with Gasteiger partial charge in [-0.3, -0.25) is 14.4 Å². The third-order valence-corrected chi connectivity index (χ3v) is 18.4. The van der Waals surface area contributed by atoms with Crippen LogP contribution in [0.4, 0.5) is 0 Å². The van der Waals surface area contributed by atoms with Gasteiger partial charge in [-0.15, -0.1) is 0 Å². The fraction of sp³-hybridized carbons (Fsp3) is 0.0889. The van der Waals surface area contributed by atoms with Crippen molar-refractivity contribution in [3.8, 4) is 34.5 Å². The van der Waals surface area contributed by atoms with Crippen LogP contribution in [0.5, 0.6) is 34.5 Å². The second-order valence-electron chi connectivity index (χ2n) is 26.7. The summed E-state index contributed by atoms with van der Waals surface area (Å²) in [6.07, 6.45) is 7.69. The molecule has 11 N–H and O–H groups in total. The molecule has 3 amide bonds.